The number of nitrogens with zero attached hydrogens (tertiary/aromatic N) is 1. The topological polar surface area (TPSA) is 21.5 Å². The highest BCUT2D eigenvalue weighted by molar-refractivity contribution is 5.65. The molecule has 2 nitrogen and oxygen atoms in total. The van der Waals surface area contributed by atoms with Crippen molar-refractivity contribution in [3.05, 3.63) is 76.7 Å². The van der Waals surface area contributed by atoms with Crippen LogP contribution in [0.3, 0.4) is 0 Å². The zero-order valence-electron chi connectivity index (χ0n) is 10.1. The van der Waals surface area contributed by atoms with Gasteiger partial charge in [-0.15, -0.1) is 0 Å². The van der Waals surface area contributed by atoms with E-state index in [2.05, 4.69) is 0 Å². The van der Waals surface area contributed by atoms with Gasteiger partial charge in [0, 0.05) is 16.8 Å². The Labute approximate surface area is 105 Å². The van der Waals surface area contributed by atoms with E-state index in [1.165, 1.54) is 0 Å². The second-order valence-electron chi connectivity index (χ2n) is 4.35. The van der Waals surface area contributed by atoms with Gasteiger partial charge in [-0.05, 0) is 36.8 Å². The predicted octanol–water partition coefficient (Wildman–Crippen LogP) is 3.27. The van der Waals surface area contributed by atoms with Gasteiger partial charge >= 0.3 is 0 Å². The van der Waals surface area contributed by atoms with E-state index in [-0.39, 0.29) is 5.56 Å². The van der Waals surface area contributed by atoms with Crippen molar-refractivity contribution in [2.24, 2.45) is 0 Å². The van der Waals surface area contributed by atoms with Crippen molar-refractivity contribution in [1.29, 1.82) is 0 Å². The van der Waals surface area contributed by atoms with Crippen LogP contribution >= 0.6 is 0 Å². The third kappa shape index (κ3) is 1.63. The lowest BCUT2D eigenvalue weighted by Gasteiger charge is -2.07. The van der Waals surface area contributed by atoms with Gasteiger partial charge in [-0.25, -0.2) is 0 Å². The summed E-state index contributed by atoms with van der Waals surface area (Å²) in [6.45, 7) is 1.95. The first-order valence-electron chi connectivity index (χ1n) is 5.94. The van der Waals surface area contributed by atoms with Crippen LogP contribution in [0, 0.1) is 6.92 Å². The summed E-state index contributed by atoms with van der Waals surface area (Å²) in [7, 11) is 0. The van der Waals surface area contributed by atoms with Crippen LogP contribution in [0.15, 0.2) is 65.5 Å². The van der Waals surface area contributed by atoms with E-state index in [9.17, 15) is 4.79 Å². The van der Waals surface area contributed by atoms with Gasteiger partial charge < -0.3 is 0 Å². The molecule has 0 unspecified atom stereocenters. The van der Waals surface area contributed by atoms with Crippen LogP contribution in [0.4, 0.5) is 0 Å². The summed E-state index contributed by atoms with van der Waals surface area (Å²) in [5.74, 6) is 0. The Kier molecular flexibility index (Phi) is 2.49. The molecule has 0 aliphatic rings. The molecule has 0 fully saturated rings. The van der Waals surface area contributed by atoms with Gasteiger partial charge in [-0.3, -0.25) is 9.20 Å². The Bertz CT molecular complexity index is 757. The lowest BCUT2D eigenvalue weighted by atomic mass is 10.1. The van der Waals surface area contributed by atoms with Gasteiger partial charge in [0.2, 0.25) is 0 Å². The number of fused-ring (bicyclic) bond motifs is 1. The van der Waals surface area contributed by atoms with E-state index in [0.717, 1.165) is 22.3 Å². The van der Waals surface area contributed by atoms with Crippen molar-refractivity contribution in [1.82, 2.24) is 4.40 Å². The fourth-order valence-electron chi connectivity index (χ4n) is 2.24. The van der Waals surface area contributed by atoms with Crippen LogP contribution in [0.25, 0.3) is 16.6 Å². The lowest BCUT2D eigenvalue weighted by molar-refractivity contribution is 1.03. The Balaban J connectivity index is 2.37. The van der Waals surface area contributed by atoms with E-state index < -0.39 is 0 Å². The SMILES string of the molecule is Cc1cccc2ccc(-c3ccccc3)c(=O)n12. The molecule has 3 aromatic rings. The van der Waals surface area contributed by atoms with Crippen molar-refractivity contribution in [2.45, 2.75) is 6.92 Å². The molecule has 0 amide bonds. The zero-order chi connectivity index (χ0) is 12.5. The van der Waals surface area contributed by atoms with Crippen molar-refractivity contribution in [3.63, 3.8) is 0 Å². The first kappa shape index (κ1) is 10.8. The number of aryl methyl sites for hydroxylation is 1. The van der Waals surface area contributed by atoms with Gasteiger partial charge in [-0.2, -0.15) is 0 Å². The maximum absolute atomic E-state index is 12.5. The average Bonchev–Trinajstić information content (AvgIpc) is 2.40. The molecule has 0 radical (unpaired) electrons. The summed E-state index contributed by atoms with van der Waals surface area (Å²) in [6.07, 6.45) is 0. The molecule has 2 aromatic heterocycles. The lowest BCUT2D eigenvalue weighted by Crippen LogP contribution is -2.17. The summed E-state index contributed by atoms with van der Waals surface area (Å²) in [5, 5.41) is 0. The molecule has 0 bridgehead atoms. The minimum atomic E-state index is 0.0387. The van der Waals surface area contributed by atoms with E-state index in [4.69, 9.17) is 0 Å². The number of hydrogen-bond donors (Lipinski definition) is 0. The minimum absolute atomic E-state index is 0.0387. The molecular formula is C16H13NO. The molecule has 0 aliphatic carbocycles. The largest absolute Gasteiger partial charge is 0.281 e. The van der Waals surface area contributed by atoms with Gasteiger partial charge in [0.1, 0.15) is 0 Å². The molecule has 0 atom stereocenters. The highest BCUT2D eigenvalue weighted by Crippen LogP contribution is 2.16. The molecule has 0 aliphatic heterocycles. The quantitative estimate of drug-likeness (QED) is 0.634. The van der Waals surface area contributed by atoms with E-state index in [0.29, 0.717) is 0 Å². The Morgan fingerprint density at radius 2 is 1.61 bits per heavy atom. The molecule has 2 heteroatoms. The second-order valence-corrected chi connectivity index (χ2v) is 4.35. The summed E-state index contributed by atoms with van der Waals surface area (Å²) < 4.78 is 1.75. The number of pyridine rings is 2. The number of aromatic nitrogens is 1. The maximum Gasteiger partial charge on any atom is 0.263 e. The van der Waals surface area contributed by atoms with Crippen LogP contribution in [-0.4, -0.2) is 4.40 Å². The van der Waals surface area contributed by atoms with Crippen LogP contribution in [0.5, 0.6) is 0 Å². The molecular weight excluding hydrogens is 222 g/mol. The van der Waals surface area contributed by atoms with Crippen molar-refractivity contribution in [3.8, 4) is 11.1 Å². The smallest absolute Gasteiger partial charge is 0.263 e. The third-order valence-corrected chi connectivity index (χ3v) is 3.15. The van der Waals surface area contributed by atoms with E-state index >= 15 is 0 Å². The number of hydrogen-bond acceptors (Lipinski definition) is 1. The zero-order valence-corrected chi connectivity index (χ0v) is 10.1. The first-order valence-corrected chi connectivity index (χ1v) is 5.94. The summed E-state index contributed by atoms with van der Waals surface area (Å²) >= 11 is 0. The summed E-state index contributed by atoms with van der Waals surface area (Å²) in [4.78, 5) is 12.5. The molecule has 0 saturated carbocycles. The molecule has 3 rings (SSSR count). The van der Waals surface area contributed by atoms with Gasteiger partial charge in [0.25, 0.3) is 5.56 Å². The maximum atomic E-state index is 12.5. The Morgan fingerprint density at radius 3 is 2.39 bits per heavy atom. The van der Waals surface area contributed by atoms with Gasteiger partial charge in [0.05, 0.1) is 0 Å². The first-order chi connectivity index (χ1) is 8.77. The van der Waals surface area contributed by atoms with Crippen LogP contribution in [0.1, 0.15) is 5.69 Å². The fourth-order valence-corrected chi connectivity index (χ4v) is 2.24. The standard InChI is InChI=1S/C16H13NO/c1-12-6-5-9-14-10-11-15(16(18)17(12)14)13-7-3-2-4-8-13/h2-11H,1H3. The Hall–Kier alpha value is -2.35. The minimum Gasteiger partial charge on any atom is -0.281 e. The predicted molar refractivity (Wildman–Crippen MR) is 73.8 cm³/mol. The number of benzene rings is 1. The highest BCUT2D eigenvalue weighted by atomic mass is 16.1. The molecule has 1 aromatic carbocycles. The summed E-state index contributed by atoms with van der Waals surface area (Å²) in [5.41, 5.74) is 3.62. The molecule has 2 heterocycles. The molecule has 0 N–H and O–H groups in total. The van der Waals surface area contributed by atoms with Crippen LogP contribution < -0.4 is 5.56 Å². The molecule has 88 valence electrons. The summed E-state index contributed by atoms with van der Waals surface area (Å²) in [6, 6.07) is 19.5. The second kappa shape index (κ2) is 4.15. The average molecular weight is 235 g/mol. The van der Waals surface area contributed by atoms with E-state index in [1.807, 2.05) is 67.6 Å². The van der Waals surface area contributed by atoms with Crippen LogP contribution in [0.2, 0.25) is 0 Å². The van der Waals surface area contributed by atoms with Crippen molar-refractivity contribution in [2.75, 3.05) is 0 Å². The highest BCUT2D eigenvalue weighted by Gasteiger charge is 2.06. The van der Waals surface area contributed by atoms with Gasteiger partial charge in [0.15, 0.2) is 0 Å². The monoisotopic (exact) mass is 235 g/mol. The van der Waals surface area contributed by atoms with Crippen LogP contribution in [-0.2, 0) is 0 Å². The van der Waals surface area contributed by atoms with Crippen molar-refractivity contribution < 1.29 is 0 Å². The Morgan fingerprint density at radius 1 is 0.833 bits per heavy atom. The van der Waals surface area contributed by atoms with E-state index in [1.54, 1.807) is 4.40 Å². The molecule has 0 saturated heterocycles. The van der Waals surface area contributed by atoms with Gasteiger partial charge in [-0.1, -0.05) is 36.4 Å². The third-order valence-electron chi connectivity index (χ3n) is 3.15. The normalized spacial score (nSPS) is 10.7. The number of rotatable bonds is 1. The van der Waals surface area contributed by atoms with Crippen molar-refractivity contribution >= 4 is 5.52 Å². The fraction of sp³-hybridized carbons (Fsp3) is 0.0625. The molecule has 0 spiro atoms. The molecule has 18 heavy (non-hydrogen) atoms.